The van der Waals surface area contributed by atoms with Crippen molar-refractivity contribution in [2.45, 2.75) is 40.0 Å². The number of carbonyl (C=O) groups excluding carboxylic acids is 2. The molecule has 0 aliphatic heterocycles. The quantitative estimate of drug-likeness (QED) is 0.533. The van der Waals surface area contributed by atoms with Gasteiger partial charge in [0.2, 0.25) is 0 Å². The zero-order valence-electron chi connectivity index (χ0n) is 11.9. The Hall–Kier alpha value is -1.64. The van der Waals surface area contributed by atoms with Crippen molar-refractivity contribution in [1.82, 2.24) is 0 Å². The lowest BCUT2D eigenvalue weighted by molar-refractivity contribution is -0.130. The van der Waals surface area contributed by atoms with E-state index < -0.39 is 5.92 Å². The molecular weight excluding hydrogens is 240 g/mol. The highest BCUT2D eigenvalue weighted by Gasteiger charge is 2.18. The summed E-state index contributed by atoms with van der Waals surface area (Å²) in [5.41, 5.74) is 1.21. The molecule has 0 saturated carbocycles. The SMILES string of the molecule is CC(=O)C(CCCCOc1ccc(C)cc1)C(C)=O. The zero-order chi connectivity index (χ0) is 14.3. The maximum absolute atomic E-state index is 11.3. The van der Waals surface area contributed by atoms with E-state index in [0.717, 1.165) is 18.6 Å². The number of hydrogen-bond acceptors (Lipinski definition) is 3. The second-order valence-corrected chi connectivity index (χ2v) is 4.93. The van der Waals surface area contributed by atoms with Crippen LogP contribution in [0, 0.1) is 12.8 Å². The first-order valence-electron chi connectivity index (χ1n) is 6.71. The molecule has 0 bridgehead atoms. The van der Waals surface area contributed by atoms with Gasteiger partial charge >= 0.3 is 0 Å². The fourth-order valence-electron chi connectivity index (χ4n) is 1.97. The Morgan fingerprint density at radius 1 is 1.05 bits per heavy atom. The molecule has 0 fully saturated rings. The molecule has 0 amide bonds. The first-order chi connectivity index (χ1) is 9.00. The molecular formula is C16H22O3. The van der Waals surface area contributed by atoms with Crippen molar-refractivity contribution in [3.8, 4) is 5.75 Å². The number of ether oxygens (including phenoxy) is 1. The molecule has 0 aliphatic rings. The molecule has 3 nitrogen and oxygen atoms in total. The van der Waals surface area contributed by atoms with E-state index in [1.54, 1.807) is 0 Å². The van der Waals surface area contributed by atoms with Gasteiger partial charge in [0, 0.05) is 0 Å². The van der Waals surface area contributed by atoms with E-state index in [2.05, 4.69) is 0 Å². The van der Waals surface area contributed by atoms with Crippen molar-refractivity contribution in [2.75, 3.05) is 6.61 Å². The highest BCUT2D eigenvalue weighted by Crippen LogP contribution is 2.14. The molecule has 0 N–H and O–H groups in total. The minimum atomic E-state index is -0.431. The van der Waals surface area contributed by atoms with Crippen LogP contribution in [0.15, 0.2) is 24.3 Å². The average molecular weight is 262 g/mol. The van der Waals surface area contributed by atoms with Crippen LogP contribution in [-0.4, -0.2) is 18.2 Å². The number of carbonyl (C=O) groups is 2. The Balaban J connectivity index is 2.22. The van der Waals surface area contributed by atoms with Crippen molar-refractivity contribution >= 4 is 11.6 Å². The number of rotatable bonds is 8. The zero-order valence-corrected chi connectivity index (χ0v) is 11.9. The summed E-state index contributed by atoms with van der Waals surface area (Å²) in [6.45, 7) is 5.61. The highest BCUT2D eigenvalue weighted by atomic mass is 16.5. The standard InChI is InChI=1S/C16H22O3/c1-12-7-9-15(10-8-12)19-11-5-4-6-16(13(2)17)14(3)18/h7-10,16H,4-6,11H2,1-3H3. The van der Waals surface area contributed by atoms with E-state index in [1.807, 2.05) is 31.2 Å². The lowest BCUT2D eigenvalue weighted by Crippen LogP contribution is -2.19. The van der Waals surface area contributed by atoms with Crippen LogP contribution < -0.4 is 4.74 Å². The molecule has 1 aromatic rings. The second-order valence-electron chi connectivity index (χ2n) is 4.93. The third-order valence-electron chi connectivity index (χ3n) is 3.16. The van der Waals surface area contributed by atoms with Crippen LogP contribution in [0.3, 0.4) is 0 Å². The lowest BCUT2D eigenvalue weighted by Gasteiger charge is -2.10. The number of unbranched alkanes of at least 4 members (excludes halogenated alkanes) is 1. The van der Waals surface area contributed by atoms with Gasteiger partial charge in [-0.15, -0.1) is 0 Å². The molecule has 0 aromatic heterocycles. The first-order valence-corrected chi connectivity index (χ1v) is 6.71. The third kappa shape index (κ3) is 5.69. The Labute approximate surface area is 115 Å². The molecule has 0 atom stereocenters. The molecule has 1 rings (SSSR count). The fraction of sp³-hybridized carbons (Fsp3) is 0.500. The van der Waals surface area contributed by atoms with Gasteiger partial charge in [0.1, 0.15) is 17.3 Å². The number of ketones is 2. The van der Waals surface area contributed by atoms with Crippen molar-refractivity contribution in [3.63, 3.8) is 0 Å². The van der Waals surface area contributed by atoms with Crippen LogP contribution in [-0.2, 0) is 9.59 Å². The maximum Gasteiger partial charge on any atom is 0.140 e. The van der Waals surface area contributed by atoms with Crippen molar-refractivity contribution < 1.29 is 14.3 Å². The van der Waals surface area contributed by atoms with Gasteiger partial charge < -0.3 is 4.74 Å². The summed E-state index contributed by atoms with van der Waals surface area (Å²) in [6, 6.07) is 7.92. The van der Waals surface area contributed by atoms with Crippen LogP contribution in [0.2, 0.25) is 0 Å². The molecule has 104 valence electrons. The average Bonchev–Trinajstić information content (AvgIpc) is 2.34. The molecule has 0 radical (unpaired) electrons. The topological polar surface area (TPSA) is 43.4 Å². The summed E-state index contributed by atoms with van der Waals surface area (Å²) in [7, 11) is 0. The van der Waals surface area contributed by atoms with Gasteiger partial charge in [0.05, 0.1) is 12.5 Å². The summed E-state index contributed by atoms with van der Waals surface area (Å²) in [5.74, 6) is 0.360. The van der Waals surface area contributed by atoms with Crippen LogP contribution in [0.4, 0.5) is 0 Å². The van der Waals surface area contributed by atoms with Crippen LogP contribution in [0.1, 0.15) is 38.7 Å². The summed E-state index contributed by atoms with van der Waals surface area (Å²) in [4.78, 5) is 22.5. The molecule has 0 heterocycles. The fourth-order valence-corrected chi connectivity index (χ4v) is 1.97. The van der Waals surface area contributed by atoms with Gasteiger partial charge in [-0.25, -0.2) is 0 Å². The summed E-state index contributed by atoms with van der Waals surface area (Å²) >= 11 is 0. The van der Waals surface area contributed by atoms with Gasteiger partial charge in [-0.3, -0.25) is 9.59 Å². The van der Waals surface area contributed by atoms with E-state index in [0.29, 0.717) is 13.0 Å². The Kier molecular flexibility index (Phi) is 6.26. The maximum atomic E-state index is 11.3. The van der Waals surface area contributed by atoms with E-state index in [9.17, 15) is 9.59 Å². The number of hydrogen-bond donors (Lipinski definition) is 0. The summed E-state index contributed by atoms with van der Waals surface area (Å²) in [6.07, 6.45) is 2.31. The van der Waals surface area contributed by atoms with Gasteiger partial charge in [-0.05, 0) is 52.2 Å². The minimum absolute atomic E-state index is 0.0352. The number of Topliss-reactive ketones (excluding diaryl/α,β-unsaturated/α-hetero) is 2. The van der Waals surface area contributed by atoms with Crippen molar-refractivity contribution in [2.24, 2.45) is 5.92 Å². The lowest BCUT2D eigenvalue weighted by atomic mass is 9.94. The predicted molar refractivity (Wildman–Crippen MR) is 75.4 cm³/mol. The first kappa shape index (κ1) is 15.4. The Morgan fingerprint density at radius 2 is 1.63 bits per heavy atom. The van der Waals surface area contributed by atoms with Crippen molar-refractivity contribution in [1.29, 1.82) is 0 Å². The Morgan fingerprint density at radius 3 is 2.16 bits per heavy atom. The molecule has 0 saturated heterocycles. The molecule has 19 heavy (non-hydrogen) atoms. The minimum Gasteiger partial charge on any atom is -0.494 e. The highest BCUT2D eigenvalue weighted by molar-refractivity contribution is 6.00. The van der Waals surface area contributed by atoms with Crippen LogP contribution >= 0.6 is 0 Å². The summed E-state index contributed by atoms with van der Waals surface area (Å²) < 4.78 is 5.59. The summed E-state index contributed by atoms with van der Waals surface area (Å²) in [5, 5.41) is 0. The van der Waals surface area contributed by atoms with E-state index in [1.165, 1.54) is 19.4 Å². The second kappa shape index (κ2) is 7.72. The number of benzene rings is 1. The molecule has 0 spiro atoms. The third-order valence-corrected chi connectivity index (χ3v) is 3.16. The van der Waals surface area contributed by atoms with Gasteiger partial charge in [0.15, 0.2) is 0 Å². The molecule has 1 aromatic carbocycles. The molecule has 3 heteroatoms. The van der Waals surface area contributed by atoms with E-state index >= 15 is 0 Å². The predicted octanol–water partition coefficient (Wildman–Crippen LogP) is 3.34. The van der Waals surface area contributed by atoms with Gasteiger partial charge in [-0.1, -0.05) is 17.7 Å². The molecule has 0 unspecified atom stereocenters. The van der Waals surface area contributed by atoms with E-state index in [-0.39, 0.29) is 11.6 Å². The van der Waals surface area contributed by atoms with Crippen LogP contribution in [0.5, 0.6) is 5.75 Å². The van der Waals surface area contributed by atoms with Crippen molar-refractivity contribution in [3.05, 3.63) is 29.8 Å². The van der Waals surface area contributed by atoms with Gasteiger partial charge in [-0.2, -0.15) is 0 Å². The normalized spacial score (nSPS) is 10.5. The molecule has 0 aliphatic carbocycles. The largest absolute Gasteiger partial charge is 0.494 e. The Bertz CT molecular complexity index is 406. The monoisotopic (exact) mass is 262 g/mol. The smallest absolute Gasteiger partial charge is 0.140 e. The number of aryl methyl sites for hydroxylation is 1. The van der Waals surface area contributed by atoms with Crippen LogP contribution in [0.25, 0.3) is 0 Å². The van der Waals surface area contributed by atoms with Gasteiger partial charge in [0.25, 0.3) is 0 Å². The van der Waals surface area contributed by atoms with E-state index in [4.69, 9.17) is 4.74 Å².